The first kappa shape index (κ1) is 20.2. The van der Waals surface area contributed by atoms with Gasteiger partial charge in [0.1, 0.15) is 12.4 Å². The fourth-order valence-electron chi connectivity index (χ4n) is 3.98. The molecule has 2 fully saturated rings. The maximum atomic E-state index is 12.9. The van der Waals surface area contributed by atoms with Crippen LogP contribution in [0, 0.1) is 0 Å². The summed E-state index contributed by atoms with van der Waals surface area (Å²) in [6.45, 7) is 8.38. The van der Waals surface area contributed by atoms with Crippen molar-refractivity contribution < 1.29 is 14.3 Å². The van der Waals surface area contributed by atoms with Crippen LogP contribution >= 0.6 is 0 Å². The van der Waals surface area contributed by atoms with Crippen molar-refractivity contribution in [1.29, 1.82) is 0 Å². The average molecular weight is 375 g/mol. The first-order valence-corrected chi connectivity index (χ1v) is 10.6. The lowest BCUT2D eigenvalue weighted by molar-refractivity contribution is 0.0708. The minimum Gasteiger partial charge on any atom is -0.491 e. The summed E-state index contributed by atoms with van der Waals surface area (Å²) < 4.78 is 11.2. The zero-order valence-electron chi connectivity index (χ0n) is 16.7. The number of hydrogen-bond donors (Lipinski definition) is 0. The minimum atomic E-state index is 0.158. The van der Waals surface area contributed by atoms with Gasteiger partial charge in [-0.05, 0) is 69.5 Å². The fraction of sp³-hybridized carbons (Fsp3) is 0.682. The van der Waals surface area contributed by atoms with E-state index < -0.39 is 0 Å². The molecule has 1 amide bonds. The maximum absolute atomic E-state index is 12.9. The first-order valence-electron chi connectivity index (χ1n) is 10.6. The summed E-state index contributed by atoms with van der Waals surface area (Å²) in [6, 6.07) is 7.93. The van der Waals surface area contributed by atoms with Gasteiger partial charge in [0.25, 0.3) is 5.91 Å². The number of likely N-dealkylation sites (tertiary alicyclic amines) is 2. The number of carbonyl (C=O) groups excluding carboxylic acids is 1. The zero-order chi connectivity index (χ0) is 18.9. The van der Waals surface area contributed by atoms with Gasteiger partial charge in [0.2, 0.25) is 0 Å². The molecule has 2 heterocycles. The number of carbonyl (C=O) groups is 1. The van der Waals surface area contributed by atoms with E-state index in [1.165, 1.54) is 25.9 Å². The molecular formula is C22H34N2O3. The van der Waals surface area contributed by atoms with Crippen molar-refractivity contribution in [3.05, 3.63) is 29.8 Å². The van der Waals surface area contributed by atoms with E-state index in [0.717, 1.165) is 56.7 Å². The highest BCUT2D eigenvalue weighted by Gasteiger charge is 2.31. The molecule has 5 nitrogen and oxygen atoms in total. The van der Waals surface area contributed by atoms with Crippen LogP contribution in [-0.4, -0.2) is 67.7 Å². The third-order valence-corrected chi connectivity index (χ3v) is 5.55. The predicted octanol–water partition coefficient (Wildman–Crippen LogP) is 3.58. The lowest BCUT2D eigenvalue weighted by Gasteiger charge is -2.28. The quantitative estimate of drug-likeness (QED) is 0.587. The molecule has 2 saturated heterocycles. The second-order valence-corrected chi connectivity index (χ2v) is 7.64. The van der Waals surface area contributed by atoms with Crippen molar-refractivity contribution in [2.45, 2.75) is 51.5 Å². The van der Waals surface area contributed by atoms with E-state index in [1.54, 1.807) is 0 Å². The maximum Gasteiger partial charge on any atom is 0.254 e. The summed E-state index contributed by atoms with van der Waals surface area (Å²) >= 11 is 0. The number of ether oxygens (including phenoxy) is 2. The van der Waals surface area contributed by atoms with Crippen molar-refractivity contribution in [2.24, 2.45) is 0 Å². The van der Waals surface area contributed by atoms with Crippen LogP contribution in [0.25, 0.3) is 0 Å². The van der Waals surface area contributed by atoms with Gasteiger partial charge < -0.3 is 19.3 Å². The highest BCUT2D eigenvalue weighted by molar-refractivity contribution is 5.94. The van der Waals surface area contributed by atoms with Crippen molar-refractivity contribution >= 4 is 5.91 Å². The van der Waals surface area contributed by atoms with Gasteiger partial charge in [-0.2, -0.15) is 0 Å². The van der Waals surface area contributed by atoms with E-state index in [1.807, 2.05) is 24.3 Å². The van der Waals surface area contributed by atoms with Gasteiger partial charge in [-0.15, -0.1) is 0 Å². The molecule has 1 aromatic rings. The van der Waals surface area contributed by atoms with E-state index in [-0.39, 0.29) is 5.91 Å². The van der Waals surface area contributed by atoms with E-state index in [4.69, 9.17) is 9.47 Å². The van der Waals surface area contributed by atoms with Crippen LogP contribution < -0.4 is 4.74 Å². The molecule has 0 unspecified atom stereocenters. The van der Waals surface area contributed by atoms with E-state index in [2.05, 4.69) is 16.7 Å². The number of benzene rings is 1. The van der Waals surface area contributed by atoms with Crippen molar-refractivity contribution in [2.75, 3.05) is 46.0 Å². The number of hydrogen-bond acceptors (Lipinski definition) is 4. The monoisotopic (exact) mass is 374 g/mol. The van der Waals surface area contributed by atoms with Crippen LogP contribution in [0.4, 0.5) is 0 Å². The molecule has 2 aliphatic rings. The third-order valence-electron chi connectivity index (χ3n) is 5.55. The van der Waals surface area contributed by atoms with Gasteiger partial charge in [-0.3, -0.25) is 4.79 Å². The smallest absolute Gasteiger partial charge is 0.254 e. The van der Waals surface area contributed by atoms with Crippen LogP contribution in [-0.2, 0) is 4.74 Å². The molecule has 0 N–H and O–H groups in total. The van der Waals surface area contributed by atoms with Crippen molar-refractivity contribution in [1.82, 2.24) is 9.80 Å². The molecule has 3 rings (SSSR count). The van der Waals surface area contributed by atoms with Crippen LogP contribution in [0.15, 0.2) is 24.3 Å². The topological polar surface area (TPSA) is 42.0 Å². The molecule has 150 valence electrons. The molecule has 27 heavy (non-hydrogen) atoms. The van der Waals surface area contributed by atoms with E-state index in [9.17, 15) is 4.79 Å². The van der Waals surface area contributed by atoms with Crippen LogP contribution in [0.1, 0.15) is 55.8 Å². The van der Waals surface area contributed by atoms with E-state index >= 15 is 0 Å². The second kappa shape index (κ2) is 10.7. The summed E-state index contributed by atoms with van der Waals surface area (Å²) in [5.41, 5.74) is 0.759. The van der Waals surface area contributed by atoms with Crippen molar-refractivity contribution in [3.8, 4) is 5.75 Å². The Balaban J connectivity index is 1.46. The van der Waals surface area contributed by atoms with Gasteiger partial charge in [-0.25, -0.2) is 0 Å². The van der Waals surface area contributed by atoms with Gasteiger partial charge in [0.05, 0.1) is 6.61 Å². The lowest BCUT2D eigenvalue weighted by Crippen LogP contribution is -2.42. The molecule has 2 aliphatic heterocycles. The Labute approximate surface area is 163 Å². The van der Waals surface area contributed by atoms with E-state index in [0.29, 0.717) is 19.3 Å². The summed E-state index contributed by atoms with van der Waals surface area (Å²) in [6.07, 6.45) is 7.07. The van der Waals surface area contributed by atoms with Crippen molar-refractivity contribution in [3.63, 3.8) is 0 Å². The SMILES string of the molecule is CCCCOCCOc1ccc(C(=O)N2CCC[C@H]2CN2CCCC2)cc1. The summed E-state index contributed by atoms with van der Waals surface area (Å²) in [7, 11) is 0. The molecule has 0 aromatic heterocycles. The Morgan fingerprint density at radius 3 is 2.56 bits per heavy atom. The standard InChI is InChI=1S/C22H34N2O3/c1-2-3-15-26-16-17-27-21-10-8-19(9-11-21)22(25)24-14-6-7-20(24)18-23-12-4-5-13-23/h8-11,20H,2-7,12-18H2,1H3/t20-/m0/s1. The molecule has 0 aliphatic carbocycles. The molecule has 0 saturated carbocycles. The average Bonchev–Trinajstić information content (AvgIpc) is 3.37. The first-order chi connectivity index (χ1) is 13.3. The Morgan fingerprint density at radius 1 is 1.04 bits per heavy atom. The van der Waals surface area contributed by atoms with Crippen LogP contribution in [0.5, 0.6) is 5.75 Å². The number of rotatable bonds is 10. The molecule has 1 aromatic carbocycles. The predicted molar refractivity (Wildman–Crippen MR) is 107 cm³/mol. The molecular weight excluding hydrogens is 340 g/mol. The Bertz CT molecular complexity index is 569. The van der Waals surface area contributed by atoms with Gasteiger partial charge in [0, 0.05) is 31.3 Å². The summed E-state index contributed by atoms with van der Waals surface area (Å²) in [5, 5.41) is 0. The van der Waals surface area contributed by atoms with Crippen LogP contribution in [0.3, 0.4) is 0 Å². The van der Waals surface area contributed by atoms with Gasteiger partial charge in [0.15, 0.2) is 0 Å². The highest BCUT2D eigenvalue weighted by atomic mass is 16.5. The number of nitrogens with zero attached hydrogens (tertiary/aromatic N) is 2. The summed E-state index contributed by atoms with van der Waals surface area (Å²) in [4.78, 5) is 17.5. The zero-order valence-corrected chi connectivity index (χ0v) is 16.7. The number of amides is 1. The molecule has 0 bridgehead atoms. The Hall–Kier alpha value is -1.59. The normalized spacial score (nSPS) is 20.3. The minimum absolute atomic E-state index is 0.158. The fourth-order valence-corrected chi connectivity index (χ4v) is 3.98. The largest absolute Gasteiger partial charge is 0.491 e. The van der Waals surface area contributed by atoms with Gasteiger partial charge >= 0.3 is 0 Å². The molecule has 0 spiro atoms. The Morgan fingerprint density at radius 2 is 1.81 bits per heavy atom. The molecule has 1 atom stereocenters. The van der Waals surface area contributed by atoms with Gasteiger partial charge in [-0.1, -0.05) is 13.3 Å². The molecule has 0 radical (unpaired) electrons. The second-order valence-electron chi connectivity index (χ2n) is 7.64. The highest BCUT2D eigenvalue weighted by Crippen LogP contribution is 2.23. The third kappa shape index (κ3) is 5.94. The molecule has 5 heteroatoms. The summed E-state index contributed by atoms with van der Waals surface area (Å²) in [5.74, 6) is 0.951. The number of unbranched alkanes of at least 4 members (excludes halogenated alkanes) is 1. The van der Waals surface area contributed by atoms with Crippen LogP contribution in [0.2, 0.25) is 0 Å². The Kier molecular flexibility index (Phi) is 7.96. The lowest BCUT2D eigenvalue weighted by atomic mass is 10.1.